The van der Waals surface area contributed by atoms with E-state index in [0.29, 0.717) is 23.7 Å². The SMILES string of the molecule is Cn1nccc1CCNS(=O)(=O)c1cc(CN)cs1. The smallest absolute Gasteiger partial charge is 0.250 e. The zero-order valence-electron chi connectivity index (χ0n) is 10.5. The van der Waals surface area contributed by atoms with Crippen LogP contribution in [0.3, 0.4) is 0 Å². The third kappa shape index (κ3) is 3.41. The van der Waals surface area contributed by atoms with Crippen LogP contribution in [0.5, 0.6) is 0 Å². The van der Waals surface area contributed by atoms with Crippen LogP contribution in [0.4, 0.5) is 0 Å². The number of nitrogens with two attached hydrogens (primary N) is 1. The first kappa shape index (κ1) is 14.2. The highest BCUT2D eigenvalue weighted by molar-refractivity contribution is 7.91. The monoisotopic (exact) mass is 300 g/mol. The van der Waals surface area contributed by atoms with E-state index in [1.165, 1.54) is 11.3 Å². The zero-order valence-corrected chi connectivity index (χ0v) is 12.2. The molecule has 2 rings (SSSR count). The molecular weight excluding hydrogens is 284 g/mol. The fraction of sp³-hybridized carbons (Fsp3) is 0.364. The van der Waals surface area contributed by atoms with Crippen molar-refractivity contribution in [2.75, 3.05) is 6.54 Å². The molecule has 8 heteroatoms. The molecular formula is C11H16N4O2S2. The van der Waals surface area contributed by atoms with Crippen LogP contribution in [-0.4, -0.2) is 24.7 Å². The minimum absolute atomic E-state index is 0.304. The molecule has 0 saturated carbocycles. The van der Waals surface area contributed by atoms with Crippen LogP contribution < -0.4 is 10.5 Å². The van der Waals surface area contributed by atoms with Crippen molar-refractivity contribution < 1.29 is 8.42 Å². The highest BCUT2D eigenvalue weighted by Gasteiger charge is 2.16. The van der Waals surface area contributed by atoms with Crippen molar-refractivity contribution in [1.29, 1.82) is 0 Å². The van der Waals surface area contributed by atoms with Crippen molar-refractivity contribution in [3.8, 4) is 0 Å². The standard InChI is InChI=1S/C11H16N4O2S2/c1-15-10(2-4-13-15)3-5-14-19(16,17)11-6-9(7-12)8-18-11/h2,4,6,8,14H,3,5,7,12H2,1H3. The van der Waals surface area contributed by atoms with Crippen LogP contribution in [0, 0.1) is 0 Å². The van der Waals surface area contributed by atoms with Gasteiger partial charge < -0.3 is 5.73 Å². The van der Waals surface area contributed by atoms with Crippen LogP contribution in [0.1, 0.15) is 11.3 Å². The second-order valence-electron chi connectivity index (χ2n) is 4.07. The van der Waals surface area contributed by atoms with E-state index >= 15 is 0 Å². The van der Waals surface area contributed by atoms with E-state index in [-0.39, 0.29) is 0 Å². The molecule has 2 aromatic heterocycles. The maximum absolute atomic E-state index is 12.0. The molecule has 19 heavy (non-hydrogen) atoms. The van der Waals surface area contributed by atoms with Gasteiger partial charge in [-0.2, -0.15) is 5.10 Å². The van der Waals surface area contributed by atoms with Gasteiger partial charge in [0.25, 0.3) is 0 Å². The molecule has 0 radical (unpaired) electrons. The van der Waals surface area contributed by atoms with Crippen molar-refractivity contribution in [3.05, 3.63) is 35.0 Å². The molecule has 3 N–H and O–H groups in total. The summed E-state index contributed by atoms with van der Waals surface area (Å²) in [6, 6.07) is 3.48. The first-order valence-electron chi connectivity index (χ1n) is 5.77. The van der Waals surface area contributed by atoms with Crippen molar-refractivity contribution in [2.24, 2.45) is 12.8 Å². The summed E-state index contributed by atoms with van der Waals surface area (Å²) in [7, 11) is -1.60. The summed E-state index contributed by atoms with van der Waals surface area (Å²) in [5, 5.41) is 5.79. The second-order valence-corrected chi connectivity index (χ2v) is 6.98. The van der Waals surface area contributed by atoms with Gasteiger partial charge in [-0.25, -0.2) is 13.1 Å². The molecule has 0 aromatic carbocycles. The maximum atomic E-state index is 12.0. The summed E-state index contributed by atoms with van der Waals surface area (Å²) >= 11 is 1.18. The van der Waals surface area contributed by atoms with E-state index in [9.17, 15) is 8.42 Å². The molecule has 0 unspecified atom stereocenters. The lowest BCUT2D eigenvalue weighted by molar-refractivity contribution is 0.581. The predicted octanol–water partition coefficient (Wildman–Crippen LogP) is 0.461. The summed E-state index contributed by atoms with van der Waals surface area (Å²) in [6.07, 6.45) is 2.29. The first-order chi connectivity index (χ1) is 9.03. The maximum Gasteiger partial charge on any atom is 0.250 e. The van der Waals surface area contributed by atoms with Crippen molar-refractivity contribution in [3.63, 3.8) is 0 Å². The van der Waals surface area contributed by atoms with Crippen LogP contribution in [0.2, 0.25) is 0 Å². The molecule has 0 aliphatic rings. The lowest BCUT2D eigenvalue weighted by Gasteiger charge is -2.05. The van der Waals surface area contributed by atoms with Crippen molar-refractivity contribution in [2.45, 2.75) is 17.2 Å². The van der Waals surface area contributed by atoms with E-state index in [1.54, 1.807) is 22.3 Å². The van der Waals surface area contributed by atoms with Gasteiger partial charge >= 0.3 is 0 Å². The molecule has 0 spiro atoms. The quantitative estimate of drug-likeness (QED) is 0.811. The molecule has 0 aliphatic carbocycles. The van der Waals surface area contributed by atoms with Gasteiger partial charge in [-0.3, -0.25) is 4.68 Å². The number of thiophene rings is 1. The number of sulfonamides is 1. The molecule has 0 aliphatic heterocycles. The van der Waals surface area contributed by atoms with Gasteiger partial charge in [0.15, 0.2) is 0 Å². The van der Waals surface area contributed by atoms with Crippen LogP contribution in [0.25, 0.3) is 0 Å². The Morgan fingerprint density at radius 3 is 2.89 bits per heavy atom. The summed E-state index contributed by atoms with van der Waals surface area (Å²) in [4.78, 5) is 0. The molecule has 2 aromatic rings. The third-order valence-electron chi connectivity index (χ3n) is 2.73. The Kier molecular flexibility index (Phi) is 4.35. The Hall–Kier alpha value is -1.22. The lowest BCUT2D eigenvalue weighted by atomic mass is 10.3. The van der Waals surface area contributed by atoms with Gasteiger partial charge in [-0.05, 0) is 23.1 Å². The number of aromatic nitrogens is 2. The molecule has 2 heterocycles. The fourth-order valence-electron chi connectivity index (χ4n) is 1.63. The highest BCUT2D eigenvalue weighted by Crippen LogP contribution is 2.19. The average molecular weight is 300 g/mol. The van der Waals surface area contributed by atoms with Crippen molar-refractivity contribution in [1.82, 2.24) is 14.5 Å². The number of hydrogen-bond donors (Lipinski definition) is 2. The summed E-state index contributed by atoms with van der Waals surface area (Å²) < 4.78 is 28.6. The third-order valence-corrected chi connectivity index (χ3v) is 5.68. The van der Waals surface area contributed by atoms with E-state index in [4.69, 9.17) is 5.73 Å². The lowest BCUT2D eigenvalue weighted by Crippen LogP contribution is -2.25. The number of rotatable bonds is 6. The van der Waals surface area contributed by atoms with E-state index in [2.05, 4.69) is 9.82 Å². The van der Waals surface area contributed by atoms with E-state index in [1.807, 2.05) is 13.1 Å². The normalized spacial score (nSPS) is 11.9. The minimum atomic E-state index is -3.43. The molecule has 0 fully saturated rings. The first-order valence-corrected chi connectivity index (χ1v) is 8.13. The number of nitrogens with zero attached hydrogens (tertiary/aromatic N) is 2. The van der Waals surface area contributed by atoms with Gasteiger partial charge in [0.1, 0.15) is 4.21 Å². The van der Waals surface area contributed by atoms with Gasteiger partial charge in [0.05, 0.1) is 0 Å². The number of hydrogen-bond acceptors (Lipinski definition) is 5. The van der Waals surface area contributed by atoms with E-state index < -0.39 is 10.0 Å². The number of nitrogens with one attached hydrogen (secondary N) is 1. The molecule has 0 bridgehead atoms. The second kappa shape index (κ2) is 5.83. The largest absolute Gasteiger partial charge is 0.326 e. The molecule has 0 amide bonds. The van der Waals surface area contributed by atoms with Crippen LogP contribution >= 0.6 is 11.3 Å². The van der Waals surface area contributed by atoms with Gasteiger partial charge in [0.2, 0.25) is 10.0 Å². The minimum Gasteiger partial charge on any atom is -0.326 e. The average Bonchev–Trinajstić information content (AvgIpc) is 2.99. The zero-order chi connectivity index (χ0) is 13.9. The van der Waals surface area contributed by atoms with Gasteiger partial charge in [-0.15, -0.1) is 11.3 Å². The predicted molar refractivity (Wildman–Crippen MR) is 74.3 cm³/mol. The molecule has 0 atom stereocenters. The fourth-order valence-corrected chi connectivity index (χ4v) is 3.93. The summed E-state index contributed by atoms with van der Waals surface area (Å²) in [5.74, 6) is 0. The molecule has 6 nitrogen and oxygen atoms in total. The Balaban J connectivity index is 1.96. The topological polar surface area (TPSA) is 90.0 Å². The van der Waals surface area contributed by atoms with Crippen LogP contribution in [0.15, 0.2) is 27.9 Å². The summed E-state index contributed by atoms with van der Waals surface area (Å²) in [5.41, 5.74) is 7.28. The Morgan fingerprint density at radius 2 is 2.32 bits per heavy atom. The Morgan fingerprint density at radius 1 is 1.53 bits per heavy atom. The van der Waals surface area contributed by atoms with Gasteiger partial charge in [-0.1, -0.05) is 0 Å². The Labute approximate surface area is 116 Å². The number of aryl methyl sites for hydroxylation is 1. The molecule has 0 saturated heterocycles. The highest BCUT2D eigenvalue weighted by atomic mass is 32.2. The van der Waals surface area contributed by atoms with Crippen molar-refractivity contribution >= 4 is 21.4 Å². The van der Waals surface area contributed by atoms with Crippen LogP contribution in [-0.2, 0) is 30.0 Å². The van der Waals surface area contributed by atoms with Gasteiger partial charge in [0, 0.05) is 38.4 Å². The van der Waals surface area contributed by atoms with E-state index in [0.717, 1.165) is 11.3 Å². The molecule has 104 valence electrons. The summed E-state index contributed by atoms with van der Waals surface area (Å²) in [6.45, 7) is 0.693. The Bertz CT molecular complexity index is 645.